The molecule has 0 fully saturated rings. The number of nitrogens with one attached hydrogen (secondary N) is 1. The summed E-state index contributed by atoms with van der Waals surface area (Å²) in [6.07, 6.45) is 1.71. The van der Waals surface area contributed by atoms with Crippen LogP contribution in [0.25, 0.3) is 0 Å². The maximum Gasteiger partial charge on any atom is 0.295 e. The average Bonchev–Trinajstić information content (AvgIpc) is 2.71. The van der Waals surface area contributed by atoms with Crippen molar-refractivity contribution in [3.63, 3.8) is 0 Å². The molecule has 0 amide bonds. The maximum atomic E-state index is 5.26. The van der Waals surface area contributed by atoms with Gasteiger partial charge in [-0.25, -0.2) is 4.98 Å². The second-order valence-electron chi connectivity index (χ2n) is 2.71. The lowest BCUT2D eigenvalue weighted by atomic mass is 10.5. The molecule has 2 heterocycles. The fraction of sp³-hybridized carbons (Fsp3) is 0.222. The maximum absolute atomic E-state index is 5.26. The van der Waals surface area contributed by atoms with Gasteiger partial charge < -0.3 is 9.73 Å². The first-order valence-electron chi connectivity index (χ1n) is 4.03. The van der Waals surface area contributed by atoms with Gasteiger partial charge in [-0.2, -0.15) is 0 Å². The van der Waals surface area contributed by atoms with Gasteiger partial charge in [0.05, 0.1) is 12.7 Å². The summed E-state index contributed by atoms with van der Waals surface area (Å²) >= 11 is 1.72. The monoisotopic (exact) mass is 194 g/mol. The van der Waals surface area contributed by atoms with Gasteiger partial charge in [-0.3, -0.25) is 0 Å². The van der Waals surface area contributed by atoms with Gasteiger partial charge in [0.1, 0.15) is 5.76 Å². The molecule has 0 atom stereocenters. The molecule has 68 valence electrons. The van der Waals surface area contributed by atoms with Crippen molar-refractivity contribution in [3.05, 3.63) is 34.3 Å². The van der Waals surface area contributed by atoms with E-state index in [0.717, 1.165) is 12.3 Å². The molecule has 0 spiro atoms. The molecule has 3 nitrogen and oxygen atoms in total. The van der Waals surface area contributed by atoms with E-state index in [1.54, 1.807) is 17.5 Å². The summed E-state index contributed by atoms with van der Waals surface area (Å²) in [5.74, 6) is 0.827. The van der Waals surface area contributed by atoms with Crippen LogP contribution >= 0.6 is 11.3 Å². The number of oxazole rings is 1. The van der Waals surface area contributed by atoms with E-state index in [1.807, 2.05) is 13.0 Å². The average molecular weight is 194 g/mol. The van der Waals surface area contributed by atoms with Crippen molar-refractivity contribution in [1.29, 1.82) is 0 Å². The largest absolute Gasteiger partial charge is 0.429 e. The molecule has 0 bridgehead atoms. The van der Waals surface area contributed by atoms with Crippen LogP contribution in [-0.2, 0) is 6.54 Å². The van der Waals surface area contributed by atoms with E-state index in [1.165, 1.54) is 4.88 Å². The highest BCUT2D eigenvalue weighted by atomic mass is 32.1. The molecular weight excluding hydrogens is 184 g/mol. The van der Waals surface area contributed by atoms with Crippen molar-refractivity contribution >= 4 is 17.4 Å². The summed E-state index contributed by atoms with van der Waals surface area (Å²) in [6, 6.07) is 4.70. The molecule has 1 N–H and O–H groups in total. The van der Waals surface area contributed by atoms with Gasteiger partial charge in [0.25, 0.3) is 6.01 Å². The zero-order chi connectivity index (χ0) is 9.10. The Morgan fingerprint density at radius 2 is 2.54 bits per heavy atom. The van der Waals surface area contributed by atoms with Crippen molar-refractivity contribution in [2.24, 2.45) is 0 Å². The van der Waals surface area contributed by atoms with E-state index in [9.17, 15) is 0 Å². The number of rotatable bonds is 3. The predicted octanol–water partition coefficient (Wildman–Crippen LogP) is 2.66. The molecule has 2 rings (SSSR count). The van der Waals surface area contributed by atoms with Crippen molar-refractivity contribution in [2.45, 2.75) is 13.5 Å². The lowest BCUT2D eigenvalue weighted by molar-refractivity contribution is 0.540. The zero-order valence-electron chi connectivity index (χ0n) is 7.28. The molecule has 0 aliphatic rings. The van der Waals surface area contributed by atoms with Crippen molar-refractivity contribution < 1.29 is 4.42 Å². The van der Waals surface area contributed by atoms with Crippen LogP contribution in [0.4, 0.5) is 6.01 Å². The summed E-state index contributed by atoms with van der Waals surface area (Å²) in [7, 11) is 0. The predicted molar refractivity (Wildman–Crippen MR) is 52.9 cm³/mol. The Balaban J connectivity index is 1.93. The molecule has 0 saturated heterocycles. The fourth-order valence-electron chi connectivity index (χ4n) is 1.01. The highest BCUT2D eigenvalue weighted by molar-refractivity contribution is 7.09. The second-order valence-corrected chi connectivity index (χ2v) is 3.74. The Bertz CT molecular complexity index is 367. The van der Waals surface area contributed by atoms with Gasteiger partial charge in [0.2, 0.25) is 0 Å². The quantitative estimate of drug-likeness (QED) is 0.816. The summed E-state index contributed by atoms with van der Waals surface area (Å²) in [5.41, 5.74) is 0. The second kappa shape index (κ2) is 3.62. The van der Waals surface area contributed by atoms with Gasteiger partial charge in [-0.15, -0.1) is 11.3 Å². The van der Waals surface area contributed by atoms with E-state index in [0.29, 0.717) is 6.01 Å². The van der Waals surface area contributed by atoms with E-state index in [2.05, 4.69) is 21.7 Å². The minimum Gasteiger partial charge on any atom is -0.429 e. The lowest BCUT2D eigenvalue weighted by Gasteiger charge is -1.97. The number of nitrogens with zero attached hydrogens (tertiary/aromatic N) is 1. The van der Waals surface area contributed by atoms with Crippen LogP contribution in [0.15, 0.2) is 28.1 Å². The number of hydrogen-bond acceptors (Lipinski definition) is 4. The standard InChI is InChI=1S/C9H10N2OS/c1-7-5-10-9(12-7)11-6-8-3-2-4-13-8/h2-5H,6H2,1H3,(H,10,11). The van der Waals surface area contributed by atoms with Crippen LogP contribution in [0.5, 0.6) is 0 Å². The summed E-state index contributed by atoms with van der Waals surface area (Å²) < 4.78 is 5.26. The molecule has 4 heteroatoms. The van der Waals surface area contributed by atoms with E-state index in [-0.39, 0.29) is 0 Å². The molecule has 2 aromatic rings. The van der Waals surface area contributed by atoms with Crippen LogP contribution in [0.2, 0.25) is 0 Å². The summed E-state index contributed by atoms with van der Waals surface area (Å²) in [5, 5.41) is 5.15. The van der Waals surface area contributed by atoms with Gasteiger partial charge in [0, 0.05) is 4.88 Å². The molecular formula is C9H10N2OS. The smallest absolute Gasteiger partial charge is 0.295 e. The lowest BCUT2D eigenvalue weighted by Crippen LogP contribution is -1.96. The number of hydrogen-bond donors (Lipinski definition) is 1. The Morgan fingerprint density at radius 1 is 1.62 bits per heavy atom. The third-order valence-corrected chi connectivity index (χ3v) is 2.49. The first-order chi connectivity index (χ1) is 6.34. The molecule has 0 aliphatic carbocycles. The molecule has 0 radical (unpaired) electrons. The minimum atomic E-state index is 0.589. The van der Waals surface area contributed by atoms with Gasteiger partial charge in [-0.1, -0.05) is 6.07 Å². The third-order valence-electron chi connectivity index (χ3n) is 1.62. The van der Waals surface area contributed by atoms with Gasteiger partial charge >= 0.3 is 0 Å². The van der Waals surface area contributed by atoms with Crippen molar-refractivity contribution in [3.8, 4) is 0 Å². The van der Waals surface area contributed by atoms with Crippen LogP contribution in [0.1, 0.15) is 10.6 Å². The number of anilines is 1. The van der Waals surface area contributed by atoms with Crippen LogP contribution in [0, 0.1) is 6.92 Å². The molecule has 0 aliphatic heterocycles. The van der Waals surface area contributed by atoms with Gasteiger partial charge in [-0.05, 0) is 18.4 Å². The number of aromatic nitrogens is 1. The van der Waals surface area contributed by atoms with E-state index >= 15 is 0 Å². The summed E-state index contributed by atoms with van der Waals surface area (Å²) in [6.45, 7) is 2.65. The fourth-order valence-corrected chi connectivity index (χ4v) is 1.66. The van der Waals surface area contributed by atoms with Crippen LogP contribution in [0.3, 0.4) is 0 Å². The molecule has 13 heavy (non-hydrogen) atoms. The molecule has 2 aromatic heterocycles. The van der Waals surface area contributed by atoms with E-state index in [4.69, 9.17) is 4.42 Å². The Hall–Kier alpha value is -1.29. The van der Waals surface area contributed by atoms with Crippen LogP contribution in [-0.4, -0.2) is 4.98 Å². The first kappa shape index (κ1) is 8.31. The third kappa shape index (κ3) is 2.09. The Kier molecular flexibility index (Phi) is 2.31. The molecule has 0 saturated carbocycles. The number of thiophene rings is 1. The van der Waals surface area contributed by atoms with E-state index < -0.39 is 0 Å². The van der Waals surface area contributed by atoms with Crippen LogP contribution < -0.4 is 5.32 Å². The highest BCUT2D eigenvalue weighted by Gasteiger charge is 1.99. The number of aryl methyl sites for hydroxylation is 1. The van der Waals surface area contributed by atoms with Crippen molar-refractivity contribution in [1.82, 2.24) is 4.98 Å². The Labute approximate surface area is 80.4 Å². The van der Waals surface area contributed by atoms with Gasteiger partial charge in [0.15, 0.2) is 0 Å². The normalized spacial score (nSPS) is 10.2. The zero-order valence-corrected chi connectivity index (χ0v) is 8.10. The first-order valence-corrected chi connectivity index (χ1v) is 4.91. The topological polar surface area (TPSA) is 38.1 Å². The minimum absolute atomic E-state index is 0.589. The highest BCUT2D eigenvalue weighted by Crippen LogP contribution is 2.12. The molecule has 0 aromatic carbocycles. The Morgan fingerprint density at radius 3 is 3.15 bits per heavy atom. The van der Waals surface area contributed by atoms with Crippen molar-refractivity contribution in [2.75, 3.05) is 5.32 Å². The summed E-state index contributed by atoms with van der Waals surface area (Å²) in [4.78, 5) is 5.32. The molecule has 0 unspecified atom stereocenters. The SMILES string of the molecule is Cc1cnc(NCc2cccs2)o1.